The van der Waals surface area contributed by atoms with Gasteiger partial charge in [-0.1, -0.05) is 6.92 Å². The number of carbonyl (C=O) groups is 1. The molecular weight excluding hydrogens is 358 g/mol. The van der Waals surface area contributed by atoms with Crippen molar-refractivity contribution >= 4 is 12.1 Å². The maximum Gasteiger partial charge on any atom is 0.410 e. The predicted octanol–water partition coefficient (Wildman–Crippen LogP) is 1.77. The number of nitrogens with zero attached hydrogens (tertiary/aromatic N) is 3. The molecule has 0 spiro atoms. The third kappa shape index (κ3) is 10.1. The molecule has 1 rings (SSSR count). The Morgan fingerprint density at radius 1 is 1.25 bits per heavy atom. The van der Waals surface area contributed by atoms with Crippen LogP contribution in [0.5, 0.6) is 0 Å². The van der Waals surface area contributed by atoms with Crippen molar-refractivity contribution in [2.75, 3.05) is 59.5 Å². The van der Waals surface area contributed by atoms with Crippen LogP contribution in [0.4, 0.5) is 4.79 Å². The van der Waals surface area contributed by atoms with E-state index in [9.17, 15) is 4.79 Å². The second-order valence-corrected chi connectivity index (χ2v) is 8.56. The standard InChI is InChI=1S/C20H41N5O3/c1-8-21-18(23-14-17(3)25-9-11-27-12-10-25)22-13-16(2)15-24(7)19(26)28-20(4,5)6/h16-17H,8-15H2,1-7H3,(H2,21,22,23). The van der Waals surface area contributed by atoms with Gasteiger partial charge in [-0.2, -0.15) is 0 Å². The van der Waals surface area contributed by atoms with Crippen LogP contribution >= 0.6 is 0 Å². The molecule has 0 bridgehead atoms. The van der Waals surface area contributed by atoms with Gasteiger partial charge in [-0.05, 0) is 40.5 Å². The van der Waals surface area contributed by atoms with E-state index >= 15 is 0 Å². The lowest BCUT2D eigenvalue weighted by Gasteiger charge is -2.32. The van der Waals surface area contributed by atoms with Crippen molar-refractivity contribution in [1.29, 1.82) is 0 Å². The number of hydrogen-bond donors (Lipinski definition) is 2. The molecule has 0 aromatic carbocycles. The number of aliphatic imine (C=N–C) groups is 1. The maximum absolute atomic E-state index is 12.1. The van der Waals surface area contributed by atoms with E-state index in [4.69, 9.17) is 9.47 Å². The van der Waals surface area contributed by atoms with E-state index in [2.05, 4.69) is 41.3 Å². The van der Waals surface area contributed by atoms with Crippen LogP contribution in [0.15, 0.2) is 4.99 Å². The number of hydrogen-bond acceptors (Lipinski definition) is 5. The molecule has 1 heterocycles. The molecule has 8 nitrogen and oxygen atoms in total. The average Bonchev–Trinajstić information content (AvgIpc) is 2.63. The molecule has 8 heteroatoms. The van der Waals surface area contributed by atoms with Crippen LogP contribution in [0.25, 0.3) is 0 Å². The van der Waals surface area contributed by atoms with Gasteiger partial charge in [0.2, 0.25) is 0 Å². The summed E-state index contributed by atoms with van der Waals surface area (Å²) >= 11 is 0. The Morgan fingerprint density at radius 2 is 1.89 bits per heavy atom. The SMILES string of the molecule is CCNC(=NCC(C)CN(C)C(=O)OC(C)(C)C)NCC(C)N1CCOCC1. The van der Waals surface area contributed by atoms with Crippen molar-refractivity contribution in [1.82, 2.24) is 20.4 Å². The largest absolute Gasteiger partial charge is 0.444 e. The Hall–Kier alpha value is -1.54. The fourth-order valence-corrected chi connectivity index (χ4v) is 2.92. The number of morpholine rings is 1. The van der Waals surface area contributed by atoms with Crippen LogP contribution in [0, 0.1) is 5.92 Å². The van der Waals surface area contributed by atoms with Crippen molar-refractivity contribution in [3.8, 4) is 0 Å². The molecule has 164 valence electrons. The Bertz CT molecular complexity index is 487. The fourth-order valence-electron chi connectivity index (χ4n) is 2.92. The van der Waals surface area contributed by atoms with Gasteiger partial charge >= 0.3 is 6.09 Å². The zero-order chi connectivity index (χ0) is 21.2. The van der Waals surface area contributed by atoms with Crippen molar-refractivity contribution in [2.45, 2.75) is 53.2 Å². The fraction of sp³-hybridized carbons (Fsp3) is 0.900. The molecule has 2 N–H and O–H groups in total. The summed E-state index contributed by atoms with van der Waals surface area (Å²) in [6.45, 7) is 18.4. The van der Waals surface area contributed by atoms with Crippen LogP contribution in [-0.4, -0.2) is 93.0 Å². The molecule has 0 saturated carbocycles. The number of ether oxygens (including phenoxy) is 2. The minimum atomic E-state index is -0.480. The lowest BCUT2D eigenvalue weighted by atomic mass is 10.2. The van der Waals surface area contributed by atoms with Crippen LogP contribution in [0.2, 0.25) is 0 Å². The van der Waals surface area contributed by atoms with Crippen LogP contribution in [-0.2, 0) is 9.47 Å². The monoisotopic (exact) mass is 399 g/mol. The van der Waals surface area contributed by atoms with Gasteiger partial charge in [0.15, 0.2) is 5.96 Å². The van der Waals surface area contributed by atoms with Gasteiger partial charge in [-0.3, -0.25) is 9.89 Å². The lowest BCUT2D eigenvalue weighted by molar-refractivity contribution is 0.0211. The molecule has 1 fully saturated rings. The highest BCUT2D eigenvalue weighted by atomic mass is 16.6. The van der Waals surface area contributed by atoms with Gasteiger partial charge in [0.1, 0.15) is 5.60 Å². The topological polar surface area (TPSA) is 78.4 Å². The molecule has 0 aromatic heterocycles. The normalized spacial score (nSPS) is 18.3. The highest BCUT2D eigenvalue weighted by molar-refractivity contribution is 5.79. The Morgan fingerprint density at radius 3 is 2.46 bits per heavy atom. The zero-order valence-electron chi connectivity index (χ0n) is 18.9. The van der Waals surface area contributed by atoms with Gasteiger partial charge in [-0.15, -0.1) is 0 Å². The van der Waals surface area contributed by atoms with Crippen LogP contribution < -0.4 is 10.6 Å². The third-order valence-corrected chi connectivity index (χ3v) is 4.43. The highest BCUT2D eigenvalue weighted by Crippen LogP contribution is 2.10. The van der Waals surface area contributed by atoms with Crippen molar-refractivity contribution in [2.24, 2.45) is 10.9 Å². The van der Waals surface area contributed by atoms with E-state index in [0.29, 0.717) is 19.1 Å². The highest BCUT2D eigenvalue weighted by Gasteiger charge is 2.21. The van der Waals surface area contributed by atoms with Gasteiger partial charge in [-0.25, -0.2) is 4.79 Å². The number of amides is 1. The average molecular weight is 400 g/mol. The second kappa shape index (κ2) is 12.1. The van der Waals surface area contributed by atoms with Crippen LogP contribution in [0.1, 0.15) is 41.5 Å². The molecular formula is C20H41N5O3. The van der Waals surface area contributed by atoms with E-state index in [1.807, 2.05) is 20.8 Å². The summed E-state index contributed by atoms with van der Waals surface area (Å²) in [6, 6.07) is 0.420. The number of carbonyl (C=O) groups excluding carboxylic acids is 1. The van der Waals surface area contributed by atoms with Crippen LogP contribution in [0.3, 0.4) is 0 Å². The summed E-state index contributed by atoms with van der Waals surface area (Å²) in [5.74, 6) is 1.04. The summed E-state index contributed by atoms with van der Waals surface area (Å²) in [4.78, 5) is 20.8. The molecule has 0 aromatic rings. The van der Waals surface area contributed by atoms with E-state index in [1.54, 1.807) is 11.9 Å². The smallest absolute Gasteiger partial charge is 0.410 e. The molecule has 2 atom stereocenters. The minimum Gasteiger partial charge on any atom is -0.444 e. The lowest BCUT2D eigenvalue weighted by Crippen LogP contribution is -2.49. The van der Waals surface area contributed by atoms with Crippen molar-refractivity contribution in [3.63, 3.8) is 0 Å². The summed E-state index contributed by atoms with van der Waals surface area (Å²) in [5, 5.41) is 6.73. The van der Waals surface area contributed by atoms with E-state index in [1.165, 1.54) is 0 Å². The first-order valence-electron chi connectivity index (χ1n) is 10.4. The number of rotatable bonds is 8. The molecule has 28 heavy (non-hydrogen) atoms. The maximum atomic E-state index is 12.1. The summed E-state index contributed by atoms with van der Waals surface area (Å²) in [7, 11) is 1.77. The molecule has 0 aliphatic carbocycles. The molecule has 1 aliphatic rings. The van der Waals surface area contributed by atoms with Crippen molar-refractivity contribution in [3.05, 3.63) is 0 Å². The van der Waals surface area contributed by atoms with Gasteiger partial charge in [0.05, 0.1) is 13.2 Å². The number of nitrogens with one attached hydrogen (secondary N) is 2. The predicted molar refractivity (Wildman–Crippen MR) is 114 cm³/mol. The van der Waals surface area contributed by atoms with Gasteiger partial charge in [0.25, 0.3) is 0 Å². The molecule has 2 unspecified atom stereocenters. The summed E-state index contributed by atoms with van der Waals surface area (Å²) in [6.07, 6.45) is -0.298. The molecule has 1 saturated heterocycles. The van der Waals surface area contributed by atoms with E-state index in [-0.39, 0.29) is 12.0 Å². The first-order valence-corrected chi connectivity index (χ1v) is 10.4. The Balaban J connectivity index is 2.45. The van der Waals surface area contributed by atoms with E-state index < -0.39 is 5.60 Å². The van der Waals surface area contributed by atoms with Gasteiger partial charge in [0, 0.05) is 52.4 Å². The second-order valence-electron chi connectivity index (χ2n) is 8.56. The Kier molecular flexibility index (Phi) is 10.6. The molecule has 0 radical (unpaired) electrons. The minimum absolute atomic E-state index is 0.227. The first kappa shape index (κ1) is 24.5. The van der Waals surface area contributed by atoms with Gasteiger partial charge < -0.3 is 25.0 Å². The first-order chi connectivity index (χ1) is 13.1. The molecule has 1 amide bonds. The summed E-state index contributed by atoms with van der Waals surface area (Å²) in [5.41, 5.74) is -0.480. The number of guanidine groups is 1. The summed E-state index contributed by atoms with van der Waals surface area (Å²) < 4.78 is 10.8. The van der Waals surface area contributed by atoms with Crippen molar-refractivity contribution < 1.29 is 14.3 Å². The Labute approximate surface area is 171 Å². The van der Waals surface area contributed by atoms with E-state index in [0.717, 1.165) is 45.4 Å². The quantitative estimate of drug-likeness (QED) is 0.478. The third-order valence-electron chi connectivity index (χ3n) is 4.43. The zero-order valence-corrected chi connectivity index (χ0v) is 18.9. The molecule has 1 aliphatic heterocycles.